The molecule has 1 heterocycles. The summed E-state index contributed by atoms with van der Waals surface area (Å²) in [5.41, 5.74) is 1.16. The van der Waals surface area contributed by atoms with Crippen molar-refractivity contribution in [2.45, 2.75) is 13.2 Å². The van der Waals surface area contributed by atoms with E-state index in [0.29, 0.717) is 26.2 Å². The first kappa shape index (κ1) is 25.5. The molecule has 0 unspecified atom stereocenters. The highest BCUT2D eigenvalue weighted by molar-refractivity contribution is 14.0. The number of ether oxygens (including phenoxy) is 1. The molecule has 0 aromatic heterocycles. The van der Waals surface area contributed by atoms with Crippen molar-refractivity contribution in [2.75, 3.05) is 60.0 Å². The van der Waals surface area contributed by atoms with Gasteiger partial charge in [0, 0.05) is 59.0 Å². The van der Waals surface area contributed by atoms with E-state index in [0.717, 1.165) is 37.7 Å². The first-order valence-electron chi connectivity index (χ1n) is 9.39. The number of hydrogen-bond acceptors (Lipinski definition) is 5. The van der Waals surface area contributed by atoms with E-state index in [2.05, 4.69) is 25.4 Å². The molecule has 1 aliphatic rings. The molecule has 0 atom stereocenters. The molecular formula is C19H31FIN5O3. The third-order valence-corrected chi connectivity index (χ3v) is 4.61. The minimum absolute atomic E-state index is 0. The Hall–Kier alpha value is -1.50. The SMILES string of the molecule is CN=C(NCc1ccc(F)c(CO)c1)N1CCN(CC(=O)NCCOC)CC1.I. The maximum absolute atomic E-state index is 13.5. The summed E-state index contributed by atoms with van der Waals surface area (Å²) >= 11 is 0. The lowest BCUT2D eigenvalue weighted by Crippen LogP contribution is -2.54. The molecule has 8 nitrogen and oxygen atoms in total. The van der Waals surface area contributed by atoms with E-state index in [9.17, 15) is 14.3 Å². The van der Waals surface area contributed by atoms with Crippen LogP contribution in [0.2, 0.25) is 0 Å². The van der Waals surface area contributed by atoms with E-state index in [-0.39, 0.29) is 42.1 Å². The highest BCUT2D eigenvalue weighted by Crippen LogP contribution is 2.11. The van der Waals surface area contributed by atoms with Crippen LogP contribution < -0.4 is 10.6 Å². The molecule has 1 aliphatic heterocycles. The average Bonchev–Trinajstić information content (AvgIpc) is 2.71. The van der Waals surface area contributed by atoms with Crippen molar-refractivity contribution in [2.24, 2.45) is 4.99 Å². The maximum Gasteiger partial charge on any atom is 0.234 e. The predicted octanol–water partition coefficient (Wildman–Crippen LogP) is 0.392. The quantitative estimate of drug-likeness (QED) is 0.198. The summed E-state index contributed by atoms with van der Waals surface area (Å²) < 4.78 is 18.4. The molecule has 0 spiro atoms. The number of halogens is 2. The van der Waals surface area contributed by atoms with E-state index in [1.165, 1.54) is 6.07 Å². The van der Waals surface area contributed by atoms with Crippen LogP contribution in [0.5, 0.6) is 0 Å². The predicted molar refractivity (Wildman–Crippen MR) is 121 cm³/mol. The Bertz CT molecular complexity index is 669. The molecule has 0 aliphatic carbocycles. The van der Waals surface area contributed by atoms with Crippen LogP contribution in [0, 0.1) is 5.82 Å². The number of benzene rings is 1. The molecule has 29 heavy (non-hydrogen) atoms. The topological polar surface area (TPSA) is 89.4 Å². The fraction of sp³-hybridized carbons (Fsp3) is 0.579. The molecular weight excluding hydrogens is 492 g/mol. The number of hydrogen-bond donors (Lipinski definition) is 3. The molecule has 1 saturated heterocycles. The lowest BCUT2D eigenvalue weighted by atomic mass is 10.1. The van der Waals surface area contributed by atoms with Gasteiger partial charge in [0.1, 0.15) is 5.82 Å². The summed E-state index contributed by atoms with van der Waals surface area (Å²) in [5, 5.41) is 15.3. The number of aliphatic hydroxyl groups excluding tert-OH is 1. The summed E-state index contributed by atoms with van der Waals surface area (Å²) in [6, 6.07) is 4.70. The van der Waals surface area contributed by atoms with Gasteiger partial charge in [-0.2, -0.15) is 0 Å². The first-order chi connectivity index (χ1) is 13.6. The van der Waals surface area contributed by atoms with Gasteiger partial charge in [0.25, 0.3) is 0 Å². The van der Waals surface area contributed by atoms with Crippen LogP contribution in [0.1, 0.15) is 11.1 Å². The zero-order valence-electron chi connectivity index (χ0n) is 17.0. The third kappa shape index (κ3) is 8.41. The van der Waals surface area contributed by atoms with Crippen LogP contribution in [0.15, 0.2) is 23.2 Å². The van der Waals surface area contributed by atoms with Crippen LogP contribution in [-0.4, -0.2) is 86.8 Å². The second-order valence-electron chi connectivity index (χ2n) is 6.59. The molecule has 0 radical (unpaired) electrons. The molecule has 1 aromatic rings. The Balaban J connectivity index is 0.00000420. The summed E-state index contributed by atoms with van der Waals surface area (Å²) in [4.78, 5) is 20.5. The first-order valence-corrected chi connectivity index (χ1v) is 9.39. The fourth-order valence-corrected chi connectivity index (χ4v) is 3.04. The van der Waals surface area contributed by atoms with Gasteiger partial charge in [0.15, 0.2) is 5.96 Å². The smallest absolute Gasteiger partial charge is 0.234 e. The van der Waals surface area contributed by atoms with Gasteiger partial charge in [-0.3, -0.25) is 14.7 Å². The van der Waals surface area contributed by atoms with Gasteiger partial charge in [0.2, 0.25) is 5.91 Å². The van der Waals surface area contributed by atoms with E-state index >= 15 is 0 Å². The second-order valence-corrected chi connectivity index (χ2v) is 6.59. The van der Waals surface area contributed by atoms with E-state index in [1.54, 1.807) is 26.3 Å². The van der Waals surface area contributed by atoms with Crippen molar-refractivity contribution in [3.63, 3.8) is 0 Å². The highest BCUT2D eigenvalue weighted by atomic mass is 127. The normalized spacial score (nSPS) is 15.0. The number of carbonyl (C=O) groups excluding carboxylic acids is 1. The molecule has 0 bridgehead atoms. The lowest BCUT2D eigenvalue weighted by molar-refractivity contribution is -0.122. The number of aliphatic imine (C=N–C) groups is 1. The number of methoxy groups -OCH3 is 1. The molecule has 1 amide bonds. The van der Waals surface area contributed by atoms with E-state index in [4.69, 9.17) is 4.74 Å². The minimum atomic E-state index is -0.405. The summed E-state index contributed by atoms with van der Waals surface area (Å²) in [6.07, 6.45) is 0. The molecule has 1 aromatic carbocycles. The van der Waals surface area contributed by atoms with Crippen molar-refractivity contribution in [1.82, 2.24) is 20.4 Å². The molecule has 0 saturated carbocycles. The summed E-state index contributed by atoms with van der Waals surface area (Å²) in [7, 11) is 3.33. The van der Waals surface area contributed by atoms with Crippen LogP contribution >= 0.6 is 24.0 Å². The monoisotopic (exact) mass is 523 g/mol. The maximum atomic E-state index is 13.5. The van der Waals surface area contributed by atoms with Crippen molar-refractivity contribution in [1.29, 1.82) is 0 Å². The Kier molecular flexibility index (Phi) is 12.0. The third-order valence-electron chi connectivity index (χ3n) is 4.61. The lowest BCUT2D eigenvalue weighted by Gasteiger charge is -2.36. The molecule has 3 N–H and O–H groups in total. The zero-order chi connectivity index (χ0) is 20.4. The number of rotatable bonds is 8. The van der Waals surface area contributed by atoms with Crippen LogP contribution in [0.3, 0.4) is 0 Å². The number of amides is 1. The zero-order valence-corrected chi connectivity index (χ0v) is 19.3. The summed E-state index contributed by atoms with van der Waals surface area (Å²) in [5.74, 6) is 0.362. The van der Waals surface area contributed by atoms with Crippen molar-refractivity contribution in [3.05, 3.63) is 35.1 Å². The van der Waals surface area contributed by atoms with Gasteiger partial charge in [-0.25, -0.2) is 4.39 Å². The van der Waals surface area contributed by atoms with Gasteiger partial charge in [-0.05, 0) is 17.7 Å². The number of guanidine groups is 1. The molecule has 10 heteroatoms. The van der Waals surface area contributed by atoms with Crippen LogP contribution in [0.25, 0.3) is 0 Å². The number of nitrogens with zero attached hydrogens (tertiary/aromatic N) is 3. The summed E-state index contributed by atoms with van der Waals surface area (Å²) in [6.45, 7) is 4.63. The number of aliphatic hydroxyl groups is 1. The van der Waals surface area contributed by atoms with Gasteiger partial charge >= 0.3 is 0 Å². The van der Waals surface area contributed by atoms with Crippen molar-refractivity contribution in [3.8, 4) is 0 Å². The number of piperazine rings is 1. The number of nitrogens with one attached hydrogen (secondary N) is 2. The average molecular weight is 523 g/mol. The second kappa shape index (κ2) is 13.7. The molecule has 2 rings (SSSR count). The van der Waals surface area contributed by atoms with Crippen molar-refractivity contribution >= 4 is 35.8 Å². The highest BCUT2D eigenvalue weighted by Gasteiger charge is 2.21. The Labute approximate surface area is 188 Å². The Morgan fingerprint density at radius 3 is 2.62 bits per heavy atom. The number of carbonyl (C=O) groups is 1. The fourth-order valence-electron chi connectivity index (χ4n) is 3.04. The Morgan fingerprint density at radius 1 is 1.28 bits per heavy atom. The van der Waals surface area contributed by atoms with Crippen molar-refractivity contribution < 1.29 is 19.0 Å². The van der Waals surface area contributed by atoms with Crippen LogP contribution in [0.4, 0.5) is 4.39 Å². The molecule has 1 fully saturated rings. The standard InChI is InChI=1S/C19H30FN5O3.HI/c1-21-19(23-12-15-3-4-17(20)16(11-15)14-26)25-8-6-24(7-9-25)13-18(27)22-5-10-28-2;/h3-4,11,26H,5-10,12-14H2,1-2H3,(H,21,23)(H,22,27);1H. The van der Waals surface area contributed by atoms with E-state index in [1.807, 2.05) is 0 Å². The van der Waals surface area contributed by atoms with Gasteiger partial charge < -0.3 is 25.4 Å². The van der Waals surface area contributed by atoms with Gasteiger partial charge in [0.05, 0.1) is 19.8 Å². The van der Waals surface area contributed by atoms with E-state index < -0.39 is 5.82 Å². The van der Waals surface area contributed by atoms with Crippen LogP contribution in [-0.2, 0) is 22.7 Å². The largest absolute Gasteiger partial charge is 0.392 e. The molecule has 164 valence electrons. The van der Waals surface area contributed by atoms with Gasteiger partial charge in [-0.15, -0.1) is 24.0 Å². The Morgan fingerprint density at radius 2 is 2.00 bits per heavy atom. The van der Waals surface area contributed by atoms with Gasteiger partial charge in [-0.1, -0.05) is 6.07 Å². The minimum Gasteiger partial charge on any atom is -0.392 e.